The second-order valence-corrected chi connectivity index (χ2v) is 12.3. The van der Waals surface area contributed by atoms with E-state index in [1.54, 1.807) is 21.9 Å². The SMILES string of the molecule is C=C(F)/C=C\C(=C)OC(=O)N(C(C)C)[C@@H]1CN(C(=O)C2CCN(C(=O)OC(C)(C)C)CC2)C[C@H]1c1ccc(Cl)cc1. The van der Waals surface area contributed by atoms with E-state index in [-0.39, 0.29) is 41.7 Å². The summed E-state index contributed by atoms with van der Waals surface area (Å²) in [7, 11) is 0. The summed E-state index contributed by atoms with van der Waals surface area (Å²) in [5.41, 5.74) is 0.360. The lowest BCUT2D eigenvalue weighted by atomic mass is 9.92. The number of likely N-dealkylation sites (tertiary alicyclic amines) is 2. The normalized spacial score (nSPS) is 19.9. The Kier molecular flexibility index (Phi) is 10.6. The van der Waals surface area contributed by atoms with Gasteiger partial charge in [0.1, 0.15) is 17.2 Å². The summed E-state index contributed by atoms with van der Waals surface area (Å²) in [4.78, 5) is 44.6. The van der Waals surface area contributed by atoms with E-state index in [0.29, 0.717) is 44.0 Å². The van der Waals surface area contributed by atoms with Gasteiger partial charge in [-0.05, 0) is 77.3 Å². The van der Waals surface area contributed by atoms with Gasteiger partial charge in [0.2, 0.25) is 5.91 Å². The number of halogens is 2. The van der Waals surface area contributed by atoms with E-state index in [4.69, 9.17) is 21.1 Å². The van der Waals surface area contributed by atoms with Crippen molar-refractivity contribution in [1.82, 2.24) is 14.7 Å². The van der Waals surface area contributed by atoms with Crippen LogP contribution in [-0.4, -0.2) is 76.7 Å². The monoisotopic (exact) mass is 589 g/mol. The summed E-state index contributed by atoms with van der Waals surface area (Å²) >= 11 is 6.14. The third kappa shape index (κ3) is 8.83. The first-order chi connectivity index (χ1) is 19.2. The van der Waals surface area contributed by atoms with Gasteiger partial charge in [-0.3, -0.25) is 9.69 Å². The van der Waals surface area contributed by atoms with Crippen LogP contribution < -0.4 is 0 Å². The maximum Gasteiger partial charge on any atom is 0.415 e. The Balaban J connectivity index is 1.78. The third-order valence-electron chi connectivity index (χ3n) is 7.19. The minimum atomic E-state index is -0.687. The molecule has 3 rings (SSSR count). The molecule has 2 aliphatic heterocycles. The minimum absolute atomic E-state index is 0.00109. The molecule has 10 heteroatoms. The average Bonchev–Trinajstić information content (AvgIpc) is 3.31. The van der Waals surface area contributed by atoms with Gasteiger partial charge in [-0.15, -0.1) is 0 Å². The van der Waals surface area contributed by atoms with Gasteiger partial charge in [-0.2, -0.15) is 0 Å². The smallest absolute Gasteiger partial charge is 0.415 e. The predicted octanol–water partition coefficient (Wildman–Crippen LogP) is 6.68. The van der Waals surface area contributed by atoms with E-state index in [2.05, 4.69) is 13.2 Å². The van der Waals surface area contributed by atoms with Crippen molar-refractivity contribution in [3.05, 3.63) is 71.7 Å². The molecule has 0 N–H and O–H groups in total. The van der Waals surface area contributed by atoms with E-state index in [1.165, 1.54) is 6.08 Å². The molecule has 2 heterocycles. The minimum Gasteiger partial charge on any atom is -0.444 e. The second kappa shape index (κ2) is 13.6. The summed E-state index contributed by atoms with van der Waals surface area (Å²) in [5.74, 6) is -1.14. The molecule has 2 saturated heterocycles. The molecule has 0 unspecified atom stereocenters. The van der Waals surface area contributed by atoms with Crippen LogP contribution in [0.2, 0.25) is 5.02 Å². The number of hydrogen-bond donors (Lipinski definition) is 0. The zero-order valence-electron chi connectivity index (χ0n) is 24.6. The Morgan fingerprint density at radius 3 is 2.20 bits per heavy atom. The zero-order valence-corrected chi connectivity index (χ0v) is 25.3. The molecular formula is C31H41ClFN3O5. The fourth-order valence-corrected chi connectivity index (χ4v) is 5.42. The molecule has 3 amide bonds. The number of rotatable bonds is 7. The lowest BCUT2D eigenvalue weighted by Crippen LogP contribution is -2.49. The van der Waals surface area contributed by atoms with Gasteiger partial charge in [0, 0.05) is 49.1 Å². The van der Waals surface area contributed by atoms with Crippen LogP contribution >= 0.6 is 11.6 Å². The van der Waals surface area contributed by atoms with E-state index in [1.807, 2.05) is 51.7 Å². The number of hydrogen-bond acceptors (Lipinski definition) is 5. The van der Waals surface area contributed by atoms with E-state index in [0.717, 1.165) is 11.6 Å². The molecule has 0 spiro atoms. The van der Waals surface area contributed by atoms with Crippen LogP contribution in [0, 0.1) is 5.92 Å². The molecular weight excluding hydrogens is 549 g/mol. The largest absolute Gasteiger partial charge is 0.444 e. The number of benzene rings is 1. The van der Waals surface area contributed by atoms with Crippen molar-refractivity contribution in [2.75, 3.05) is 26.2 Å². The number of carbonyl (C=O) groups is 3. The number of ether oxygens (including phenoxy) is 2. The molecule has 0 saturated carbocycles. The summed E-state index contributed by atoms with van der Waals surface area (Å²) in [5, 5.41) is 0.589. The van der Waals surface area contributed by atoms with Crippen LogP contribution in [0.4, 0.5) is 14.0 Å². The standard InChI is InChI=1S/C31H41ClFN3O5/c1-20(2)36(30(39)40-22(4)9-8-21(3)33)27-19-35(18-26(27)23-10-12-25(32)13-11-23)28(37)24-14-16-34(17-15-24)29(38)41-31(5,6)7/h8-13,20,24,26-27H,3-4,14-19H2,1-2,5-7H3/b9-8-/t26-,27+/m0/s1. The Morgan fingerprint density at radius 1 is 1.05 bits per heavy atom. The van der Waals surface area contributed by atoms with Crippen LogP contribution in [0.1, 0.15) is 58.9 Å². The van der Waals surface area contributed by atoms with Crippen LogP contribution in [0.5, 0.6) is 0 Å². The lowest BCUT2D eigenvalue weighted by molar-refractivity contribution is -0.136. The molecule has 0 aromatic heterocycles. The Labute approximate surface area is 247 Å². The lowest BCUT2D eigenvalue weighted by Gasteiger charge is -2.35. The summed E-state index contributed by atoms with van der Waals surface area (Å²) in [6.45, 7) is 17.7. The van der Waals surface area contributed by atoms with Crippen molar-refractivity contribution in [3.8, 4) is 0 Å². The Bertz CT molecular complexity index is 1170. The second-order valence-electron chi connectivity index (χ2n) is 11.8. The topological polar surface area (TPSA) is 79.4 Å². The molecule has 0 bridgehead atoms. The third-order valence-corrected chi connectivity index (χ3v) is 7.44. The maximum atomic E-state index is 13.7. The van der Waals surface area contributed by atoms with Crippen LogP contribution in [-0.2, 0) is 14.3 Å². The predicted molar refractivity (Wildman–Crippen MR) is 157 cm³/mol. The first-order valence-corrected chi connectivity index (χ1v) is 14.3. The molecule has 41 heavy (non-hydrogen) atoms. The summed E-state index contributed by atoms with van der Waals surface area (Å²) in [6, 6.07) is 6.75. The van der Waals surface area contributed by atoms with E-state index >= 15 is 0 Å². The van der Waals surface area contributed by atoms with Crippen molar-refractivity contribution in [2.24, 2.45) is 5.92 Å². The molecule has 2 aliphatic rings. The van der Waals surface area contributed by atoms with Gasteiger partial charge in [0.15, 0.2) is 0 Å². The zero-order chi connectivity index (χ0) is 30.5. The molecule has 8 nitrogen and oxygen atoms in total. The van der Waals surface area contributed by atoms with Gasteiger partial charge in [0.25, 0.3) is 0 Å². The number of nitrogens with zero attached hydrogens (tertiary/aromatic N) is 3. The molecule has 0 radical (unpaired) electrons. The van der Waals surface area contributed by atoms with Gasteiger partial charge >= 0.3 is 12.2 Å². The quantitative estimate of drug-likeness (QED) is 0.262. The summed E-state index contributed by atoms with van der Waals surface area (Å²) in [6.07, 6.45) is 2.37. The fourth-order valence-electron chi connectivity index (χ4n) is 5.29. The number of carbonyl (C=O) groups excluding carboxylic acids is 3. The van der Waals surface area contributed by atoms with Gasteiger partial charge in [-0.25, -0.2) is 14.0 Å². The highest BCUT2D eigenvalue weighted by Crippen LogP contribution is 2.35. The fraction of sp³-hybridized carbons (Fsp3) is 0.516. The average molecular weight is 590 g/mol. The number of allylic oxidation sites excluding steroid dienone is 3. The number of piperidine rings is 1. The van der Waals surface area contributed by atoms with Crippen LogP contribution in [0.15, 0.2) is 61.2 Å². The molecule has 224 valence electrons. The van der Waals surface area contributed by atoms with Crippen LogP contribution in [0.3, 0.4) is 0 Å². The van der Waals surface area contributed by atoms with Crippen molar-refractivity contribution >= 4 is 29.7 Å². The maximum absolute atomic E-state index is 13.7. The molecule has 2 atom stereocenters. The number of amides is 3. The Morgan fingerprint density at radius 2 is 1.66 bits per heavy atom. The Hall–Kier alpha value is -3.33. The molecule has 1 aromatic carbocycles. The van der Waals surface area contributed by atoms with Gasteiger partial charge in [0.05, 0.1) is 6.04 Å². The highest BCUT2D eigenvalue weighted by atomic mass is 35.5. The van der Waals surface area contributed by atoms with E-state index in [9.17, 15) is 18.8 Å². The van der Waals surface area contributed by atoms with Crippen molar-refractivity contribution in [1.29, 1.82) is 0 Å². The van der Waals surface area contributed by atoms with Crippen molar-refractivity contribution in [2.45, 2.75) is 71.1 Å². The van der Waals surface area contributed by atoms with Crippen molar-refractivity contribution < 1.29 is 28.2 Å². The van der Waals surface area contributed by atoms with Gasteiger partial charge < -0.3 is 19.3 Å². The van der Waals surface area contributed by atoms with Crippen LogP contribution in [0.25, 0.3) is 0 Å². The van der Waals surface area contributed by atoms with Gasteiger partial charge in [-0.1, -0.05) is 36.9 Å². The highest BCUT2D eigenvalue weighted by Gasteiger charge is 2.44. The highest BCUT2D eigenvalue weighted by molar-refractivity contribution is 6.30. The summed E-state index contributed by atoms with van der Waals surface area (Å²) < 4.78 is 24.0. The molecule has 2 fully saturated rings. The molecule has 0 aliphatic carbocycles. The molecule has 1 aromatic rings. The first-order valence-electron chi connectivity index (χ1n) is 13.9. The van der Waals surface area contributed by atoms with Crippen molar-refractivity contribution in [3.63, 3.8) is 0 Å². The van der Waals surface area contributed by atoms with E-state index < -0.39 is 17.5 Å². The first kappa shape index (κ1) is 32.2.